The van der Waals surface area contributed by atoms with E-state index < -0.39 is 0 Å². The van der Waals surface area contributed by atoms with Gasteiger partial charge in [-0.05, 0) is 51.6 Å². The van der Waals surface area contributed by atoms with Gasteiger partial charge in [0.15, 0.2) is 0 Å². The molecule has 0 bridgehead atoms. The third-order valence-electron chi connectivity index (χ3n) is 2.05. The Labute approximate surface area is 57.8 Å². The molecule has 0 amide bonds. The van der Waals surface area contributed by atoms with Crippen LogP contribution in [0.15, 0.2) is 0 Å². The fourth-order valence-electron chi connectivity index (χ4n) is 1.49. The van der Waals surface area contributed by atoms with Crippen molar-refractivity contribution in [3.63, 3.8) is 0 Å². The van der Waals surface area contributed by atoms with Crippen LogP contribution in [-0.2, 0) is 0 Å². The third kappa shape index (κ3) is 2.35. The van der Waals surface area contributed by atoms with E-state index in [1.54, 1.807) is 0 Å². The lowest BCUT2D eigenvalue weighted by Crippen LogP contribution is -2.20. The lowest BCUT2D eigenvalue weighted by atomic mass is 9.89. The molecule has 1 heteroatoms. The molecule has 0 atom stereocenters. The molecule has 1 rings (SSSR count). The summed E-state index contributed by atoms with van der Waals surface area (Å²) < 4.78 is 0. The summed E-state index contributed by atoms with van der Waals surface area (Å²) in [6, 6.07) is 0. The van der Waals surface area contributed by atoms with Crippen molar-refractivity contribution in [1.82, 2.24) is 5.32 Å². The zero-order valence-electron chi connectivity index (χ0n) is 6.19. The molecule has 1 aliphatic rings. The number of hydrogen-bond donors (Lipinski definition) is 1. The Morgan fingerprint density at radius 2 is 2.11 bits per heavy atom. The van der Waals surface area contributed by atoms with Crippen LogP contribution in [0.25, 0.3) is 0 Å². The molecule has 0 aliphatic heterocycles. The molecule has 9 heavy (non-hydrogen) atoms. The van der Waals surface area contributed by atoms with Gasteiger partial charge in [0.25, 0.3) is 0 Å². The molecule has 1 fully saturated rings. The van der Waals surface area contributed by atoms with Crippen molar-refractivity contribution in [2.45, 2.75) is 25.7 Å². The molecule has 0 spiro atoms. The van der Waals surface area contributed by atoms with E-state index in [-0.39, 0.29) is 0 Å². The van der Waals surface area contributed by atoms with Crippen molar-refractivity contribution in [1.29, 1.82) is 0 Å². The highest BCUT2D eigenvalue weighted by molar-refractivity contribution is 4.77. The van der Waals surface area contributed by atoms with Crippen LogP contribution >= 0.6 is 0 Å². The largest absolute Gasteiger partial charge is 0.319 e. The fourth-order valence-corrected chi connectivity index (χ4v) is 1.49. The molecule has 1 nitrogen and oxygen atoms in total. The van der Waals surface area contributed by atoms with Crippen molar-refractivity contribution in [2.75, 3.05) is 13.6 Å². The van der Waals surface area contributed by atoms with Crippen molar-refractivity contribution < 1.29 is 0 Å². The van der Waals surface area contributed by atoms with Crippen molar-refractivity contribution >= 4 is 0 Å². The lowest BCUT2D eigenvalue weighted by molar-refractivity contribution is 0.393. The van der Waals surface area contributed by atoms with Gasteiger partial charge in [0.2, 0.25) is 0 Å². The van der Waals surface area contributed by atoms with E-state index in [1.807, 2.05) is 7.05 Å². The Bertz CT molecular complexity index is 62.2. The first kappa shape index (κ1) is 7.07. The van der Waals surface area contributed by atoms with E-state index in [4.69, 9.17) is 0 Å². The monoisotopic (exact) mass is 126 g/mol. The van der Waals surface area contributed by atoms with Gasteiger partial charge in [0.1, 0.15) is 0 Å². The second-order valence-electron chi connectivity index (χ2n) is 2.87. The first-order valence-electron chi connectivity index (χ1n) is 3.89. The molecular formula is C8H16N. The maximum atomic E-state index is 3.22. The molecule has 1 N–H and O–H groups in total. The van der Waals surface area contributed by atoms with E-state index >= 15 is 0 Å². The van der Waals surface area contributed by atoms with Crippen molar-refractivity contribution in [3.05, 3.63) is 6.42 Å². The molecule has 0 saturated heterocycles. The summed E-state index contributed by atoms with van der Waals surface area (Å²) in [5, 5.41) is 3.22. The van der Waals surface area contributed by atoms with Gasteiger partial charge >= 0.3 is 0 Å². The third-order valence-corrected chi connectivity index (χ3v) is 2.05. The molecule has 0 unspecified atom stereocenters. The molecule has 1 aliphatic carbocycles. The summed E-state index contributed by atoms with van der Waals surface area (Å²) in [6.45, 7) is 1.22. The van der Waals surface area contributed by atoms with Crippen molar-refractivity contribution in [3.8, 4) is 0 Å². The number of nitrogens with one attached hydrogen (secondary N) is 1. The van der Waals surface area contributed by atoms with Crippen LogP contribution in [-0.4, -0.2) is 13.6 Å². The van der Waals surface area contributed by atoms with Crippen LogP contribution in [0.1, 0.15) is 25.7 Å². The van der Waals surface area contributed by atoms with E-state index in [0.29, 0.717) is 0 Å². The highest BCUT2D eigenvalue weighted by atomic mass is 14.8. The Morgan fingerprint density at radius 1 is 1.44 bits per heavy atom. The predicted molar refractivity (Wildman–Crippen MR) is 40.2 cm³/mol. The van der Waals surface area contributed by atoms with Crippen LogP contribution in [0.4, 0.5) is 0 Å². The van der Waals surface area contributed by atoms with Crippen LogP contribution < -0.4 is 5.32 Å². The molecule has 1 saturated carbocycles. The first-order chi connectivity index (χ1) is 4.43. The van der Waals surface area contributed by atoms with Gasteiger partial charge in [-0.1, -0.05) is 0 Å². The predicted octanol–water partition coefficient (Wildman–Crippen LogP) is 1.60. The number of hydrogen-bond acceptors (Lipinski definition) is 1. The Kier molecular flexibility index (Phi) is 3.05. The van der Waals surface area contributed by atoms with E-state index in [9.17, 15) is 0 Å². The van der Waals surface area contributed by atoms with Crippen LogP contribution in [0, 0.1) is 12.3 Å². The molecule has 53 valence electrons. The summed E-state index contributed by atoms with van der Waals surface area (Å²) in [4.78, 5) is 0. The first-order valence-corrected chi connectivity index (χ1v) is 3.89. The van der Waals surface area contributed by atoms with Gasteiger partial charge in [0, 0.05) is 0 Å². The standard InChI is InChI=1S/C8H16N/c1-9-7-8-5-3-2-4-6-8/h2,8-9H,3-7H2,1H3. The zero-order chi connectivity index (χ0) is 6.53. The van der Waals surface area contributed by atoms with Gasteiger partial charge in [-0.2, -0.15) is 0 Å². The Hall–Kier alpha value is -0.0400. The Balaban J connectivity index is 2.08. The molecule has 0 aromatic carbocycles. The Morgan fingerprint density at radius 3 is 2.67 bits per heavy atom. The summed E-state index contributed by atoms with van der Waals surface area (Å²) >= 11 is 0. The summed E-state index contributed by atoms with van der Waals surface area (Å²) in [5.74, 6) is 0.958. The van der Waals surface area contributed by atoms with Gasteiger partial charge < -0.3 is 5.32 Å². The second-order valence-corrected chi connectivity index (χ2v) is 2.87. The summed E-state index contributed by atoms with van der Waals surface area (Å²) in [5.41, 5.74) is 0. The normalized spacial score (nSPS) is 22.3. The topological polar surface area (TPSA) is 12.0 Å². The average molecular weight is 126 g/mol. The fraction of sp³-hybridized carbons (Fsp3) is 0.875. The van der Waals surface area contributed by atoms with Gasteiger partial charge in [-0.25, -0.2) is 0 Å². The highest BCUT2D eigenvalue weighted by Gasteiger charge is 2.11. The lowest BCUT2D eigenvalue weighted by Gasteiger charge is -2.20. The van der Waals surface area contributed by atoms with Gasteiger partial charge in [0.05, 0.1) is 0 Å². The minimum atomic E-state index is 0.958. The second kappa shape index (κ2) is 3.89. The number of rotatable bonds is 2. The molecule has 1 radical (unpaired) electrons. The minimum Gasteiger partial charge on any atom is -0.319 e. The van der Waals surface area contributed by atoms with Gasteiger partial charge in [-0.15, -0.1) is 0 Å². The zero-order valence-corrected chi connectivity index (χ0v) is 6.19. The van der Waals surface area contributed by atoms with Crippen molar-refractivity contribution in [2.24, 2.45) is 5.92 Å². The minimum absolute atomic E-state index is 0.958. The molecular weight excluding hydrogens is 110 g/mol. The van der Waals surface area contributed by atoms with Crippen LogP contribution in [0.5, 0.6) is 0 Å². The molecule has 0 aromatic rings. The maximum Gasteiger partial charge on any atom is -0.00235 e. The highest BCUT2D eigenvalue weighted by Crippen LogP contribution is 2.21. The van der Waals surface area contributed by atoms with E-state index in [0.717, 1.165) is 5.92 Å². The SMILES string of the molecule is CNCC1CC[CH]CC1. The van der Waals surface area contributed by atoms with Gasteiger partial charge in [-0.3, -0.25) is 0 Å². The van der Waals surface area contributed by atoms with E-state index in [1.165, 1.54) is 32.2 Å². The van der Waals surface area contributed by atoms with E-state index in [2.05, 4.69) is 11.7 Å². The average Bonchev–Trinajstić information content (AvgIpc) is 1.91. The van der Waals surface area contributed by atoms with Crippen LogP contribution in [0.3, 0.4) is 0 Å². The van der Waals surface area contributed by atoms with Crippen LogP contribution in [0.2, 0.25) is 0 Å². The molecule has 0 aromatic heterocycles. The summed E-state index contributed by atoms with van der Waals surface area (Å²) in [6.07, 6.45) is 7.90. The molecule has 0 heterocycles. The maximum absolute atomic E-state index is 3.22. The smallest absolute Gasteiger partial charge is 0.00235 e. The summed E-state index contributed by atoms with van der Waals surface area (Å²) in [7, 11) is 2.04. The quantitative estimate of drug-likeness (QED) is 0.592.